The quantitative estimate of drug-likeness (QED) is 0.179. The molecule has 30 heavy (non-hydrogen) atoms. The Morgan fingerprint density at radius 2 is 1.77 bits per heavy atom. The molecule has 3 N–H and O–H groups in total. The number of halogens is 1. The van der Waals surface area contributed by atoms with Gasteiger partial charge in [0.05, 0.1) is 19.8 Å². The van der Waals surface area contributed by atoms with E-state index in [1.807, 2.05) is 62.4 Å². The van der Waals surface area contributed by atoms with Gasteiger partial charge in [0.1, 0.15) is 5.75 Å². The lowest BCUT2D eigenvalue weighted by molar-refractivity contribution is 0.145. The first-order chi connectivity index (χ1) is 14.1. The van der Waals surface area contributed by atoms with Crippen molar-refractivity contribution in [3.63, 3.8) is 0 Å². The molecule has 2 rings (SSSR count). The number of aliphatic imine (C=N–C) groups is 1. The van der Waals surface area contributed by atoms with Crippen LogP contribution in [0.2, 0.25) is 0 Å². The molecular formula is C23H34IN3O3. The summed E-state index contributed by atoms with van der Waals surface area (Å²) in [5, 5.41) is 17.0. The second-order valence-electron chi connectivity index (χ2n) is 6.80. The summed E-state index contributed by atoms with van der Waals surface area (Å²) in [6.45, 7) is 7.11. The van der Waals surface area contributed by atoms with Crippen molar-refractivity contribution in [1.29, 1.82) is 0 Å². The molecule has 0 fully saturated rings. The fourth-order valence-corrected chi connectivity index (χ4v) is 2.70. The van der Waals surface area contributed by atoms with E-state index in [4.69, 9.17) is 9.47 Å². The van der Waals surface area contributed by atoms with Crippen molar-refractivity contribution in [2.45, 2.75) is 32.9 Å². The van der Waals surface area contributed by atoms with Gasteiger partial charge in [0.2, 0.25) is 0 Å². The van der Waals surface area contributed by atoms with Gasteiger partial charge >= 0.3 is 0 Å². The average Bonchev–Trinajstić information content (AvgIpc) is 2.75. The van der Waals surface area contributed by atoms with Gasteiger partial charge in [-0.3, -0.25) is 0 Å². The highest BCUT2D eigenvalue weighted by Crippen LogP contribution is 2.13. The number of guanidine groups is 1. The highest BCUT2D eigenvalue weighted by molar-refractivity contribution is 14.0. The molecule has 6 nitrogen and oxygen atoms in total. The van der Waals surface area contributed by atoms with E-state index >= 15 is 0 Å². The molecule has 7 heteroatoms. The second-order valence-corrected chi connectivity index (χ2v) is 6.80. The molecule has 0 aliphatic rings. The molecule has 2 aromatic carbocycles. The summed E-state index contributed by atoms with van der Waals surface area (Å²) < 4.78 is 10.6. The highest BCUT2D eigenvalue weighted by atomic mass is 127. The molecular weight excluding hydrogens is 493 g/mol. The molecule has 0 amide bonds. The maximum atomic E-state index is 10.5. The summed E-state index contributed by atoms with van der Waals surface area (Å²) in [7, 11) is 1.65. The van der Waals surface area contributed by atoms with E-state index in [0.29, 0.717) is 25.7 Å². The molecule has 0 saturated carbocycles. The number of aryl methyl sites for hydroxylation is 1. The lowest BCUT2D eigenvalue weighted by atomic mass is 10.1. The number of nitrogens with one attached hydrogen (secondary N) is 2. The third-order valence-electron chi connectivity index (χ3n) is 4.47. The van der Waals surface area contributed by atoms with Gasteiger partial charge < -0.3 is 25.2 Å². The van der Waals surface area contributed by atoms with Crippen molar-refractivity contribution >= 4 is 29.9 Å². The fraction of sp³-hybridized carbons (Fsp3) is 0.435. The molecule has 166 valence electrons. The average molecular weight is 527 g/mol. The zero-order chi connectivity index (χ0) is 20.9. The zero-order valence-corrected chi connectivity index (χ0v) is 20.4. The van der Waals surface area contributed by atoms with Crippen LogP contribution in [0.4, 0.5) is 0 Å². The minimum atomic E-state index is -0.605. The van der Waals surface area contributed by atoms with E-state index in [0.717, 1.165) is 36.4 Å². The van der Waals surface area contributed by atoms with Crippen molar-refractivity contribution in [3.05, 3.63) is 65.2 Å². The second kappa shape index (κ2) is 15.0. The topological polar surface area (TPSA) is 75.1 Å². The standard InChI is InChI=1S/C23H33N3O3.HI/c1-4-29-15-5-14-24-23(25-16-19-8-12-21(28-3)13-9-19)26-17-22(27)20-10-6-18(2)7-11-20;/h6-13,22,27H,4-5,14-17H2,1-3H3,(H2,24,25,26);1H. The third kappa shape index (κ3) is 9.77. The Kier molecular flexibility index (Phi) is 13.1. The van der Waals surface area contributed by atoms with E-state index in [1.165, 1.54) is 5.56 Å². The fourth-order valence-electron chi connectivity index (χ4n) is 2.70. The van der Waals surface area contributed by atoms with Crippen LogP contribution in [0.5, 0.6) is 5.75 Å². The predicted molar refractivity (Wildman–Crippen MR) is 133 cm³/mol. The van der Waals surface area contributed by atoms with E-state index < -0.39 is 6.10 Å². The molecule has 0 saturated heterocycles. The maximum Gasteiger partial charge on any atom is 0.191 e. The van der Waals surface area contributed by atoms with Crippen molar-refractivity contribution in [3.8, 4) is 5.75 Å². The molecule has 0 aliphatic heterocycles. The molecule has 1 atom stereocenters. The Morgan fingerprint density at radius 3 is 2.40 bits per heavy atom. The van der Waals surface area contributed by atoms with Gasteiger partial charge in [-0.15, -0.1) is 24.0 Å². The number of rotatable bonds is 11. The van der Waals surface area contributed by atoms with Crippen molar-refractivity contribution in [2.75, 3.05) is 33.4 Å². The predicted octanol–water partition coefficient (Wildman–Crippen LogP) is 3.82. The SMILES string of the molecule is CCOCCCNC(=NCc1ccc(OC)cc1)NCC(O)c1ccc(C)cc1.I. The van der Waals surface area contributed by atoms with Crippen molar-refractivity contribution in [1.82, 2.24) is 10.6 Å². The number of hydrogen-bond donors (Lipinski definition) is 3. The summed E-state index contributed by atoms with van der Waals surface area (Å²) in [6, 6.07) is 15.7. The number of methoxy groups -OCH3 is 1. The molecule has 0 aliphatic carbocycles. The first kappa shape index (κ1) is 26.2. The number of aliphatic hydroxyl groups excluding tert-OH is 1. The van der Waals surface area contributed by atoms with Gasteiger partial charge in [-0.05, 0) is 43.5 Å². The number of hydrogen-bond acceptors (Lipinski definition) is 4. The Morgan fingerprint density at radius 1 is 1.07 bits per heavy atom. The third-order valence-corrected chi connectivity index (χ3v) is 4.47. The normalized spacial score (nSPS) is 12.1. The largest absolute Gasteiger partial charge is 0.497 e. The van der Waals surface area contributed by atoms with Crippen LogP contribution in [0.25, 0.3) is 0 Å². The summed E-state index contributed by atoms with van der Waals surface area (Å²) >= 11 is 0. The Hall–Kier alpha value is -1.84. The smallest absolute Gasteiger partial charge is 0.191 e. The van der Waals surface area contributed by atoms with E-state index in [9.17, 15) is 5.11 Å². The monoisotopic (exact) mass is 527 g/mol. The van der Waals surface area contributed by atoms with Gasteiger partial charge in [0.15, 0.2) is 5.96 Å². The summed E-state index contributed by atoms with van der Waals surface area (Å²) in [6.07, 6.45) is 0.282. The van der Waals surface area contributed by atoms with E-state index in [1.54, 1.807) is 7.11 Å². The molecule has 0 aromatic heterocycles. The molecule has 2 aromatic rings. The van der Waals surface area contributed by atoms with E-state index in [-0.39, 0.29) is 24.0 Å². The Bertz CT molecular complexity index is 736. The summed E-state index contributed by atoms with van der Waals surface area (Å²) in [5.41, 5.74) is 3.14. The maximum absolute atomic E-state index is 10.5. The zero-order valence-electron chi connectivity index (χ0n) is 18.1. The minimum Gasteiger partial charge on any atom is -0.497 e. The van der Waals surface area contributed by atoms with Gasteiger partial charge in [0, 0.05) is 26.3 Å². The van der Waals surface area contributed by atoms with E-state index in [2.05, 4.69) is 15.6 Å². The summed E-state index contributed by atoms with van der Waals surface area (Å²) in [4.78, 5) is 4.65. The Balaban J connectivity index is 0.00000450. The molecule has 0 spiro atoms. The van der Waals surface area contributed by atoms with Crippen LogP contribution in [0.3, 0.4) is 0 Å². The van der Waals surface area contributed by atoms with Crippen LogP contribution in [0.15, 0.2) is 53.5 Å². The van der Waals surface area contributed by atoms with Gasteiger partial charge in [-0.1, -0.05) is 42.0 Å². The lowest BCUT2D eigenvalue weighted by Crippen LogP contribution is -2.40. The number of benzene rings is 2. The van der Waals surface area contributed by atoms with Gasteiger partial charge in [-0.25, -0.2) is 4.99 Å². The molecule has 0 heterocycles. The first-order valence-corrected chi connectivity index (χ1v) is 10.1. The van der Waals surface area contributed by atoms with Crippen LogP contribution in [-0.2, 0) is 11.3 Å². The first-order valence-electron chi connectivity index (χ1n) is 10.1. The highest BCUT2D eigenvalue weighted by Gasteiger charge is 2.08. The van der Waals surface area contributed by atoms with Gasteiger partial charge in [-0.2, -0.15) is 0 Å². The molecule has 1 unspecified atom stereocenters. The van der Waals surface area contributed by atoms with Crippen LogP contribution in [-0.4, -0.2) is 44.5 Å². The number of nitrogens with zero attached hydrogens (tertiary/aromatic N) is 1. The van der Waals surface area contributed by atoms with Crippen LogP contribution >= 0.6 is 24.0 Å². The molecule has 0 bridgehead atoms. The lowest BCUT2D eigenvalue weighted by Gasteiger charge is -2.16. The Labute approximate surface area is 197 Å². The number of aliphatic hydroxyl groups is 1. The van der Waals surface area contributed by atoms with Crippen molar-refractivity contribution in [2.24, 2.45) is 4.99 Å². The molecule has 0 radical (unpaired) electrons. The van der Waals surface area contributed by atoms with Crippen LogP contribution in [0.1, 0.15) is 36.1 Å². The van der Waals surface area contributed by atoms with Gasteiger partial charge in [0.25, 0.3) is 0 Å². The van der Waals surface area contributed by atoms with Crippen LogP contribution < -0.4 is 15.4 Å². The van der Waals surface area contributed by atoms with Crippen LogP contribution in [0, 0.1) is 6.92 Å². The number of ether oxygens (including phenoxy) is 2. The minimum absolute atomic E-state index is 0. The van der Waals surface area contributed by atoms with Crippen molar-refractivity contribution < 1.29 is 14.6 Å². The summed E-state index contributed by atoms with van der Waals surface area (Å²) in [5.74, 6) is 1.50.